The fourth-order valence-electron chi connectivity index (χ4n) is 2.61. The van der Waals surface area contributed by atoms with Crippen LogP contribution in [0.3, 0.4) is 0 Å². The van der Waals surface area contributed by atoms with Gasteiger partial charge in [-0.25, -0.2) is 0 Å². The first-order chi connectivity index (χ1) is 8.24. The van der Waals surface area contributed by atoms with E-state index in [9.17, 15) is 0 Å². The van der Waals surface area contributed by atoms with Gasteiger partial charge in [0.25, 0.3) is 0 Å². The van der Waals surface area contributed by atoms with Gasteiger partial charge in [-0.3, -0.25) is 0 Å². The van der Waals surface area contributed by atoms with Crippen molar-refractivity contribution in [1.29, 1.82) is 0 Å². The van der Waals surface area contributed by atoms with Crippen molar-refractivity contribution in [3.8, 4) is 0 Å². The van der Waals surface area contributed by atoms with Crippen LogP contribution < -0.4 is 5.32 Å². The summed E-state index contributed by atoms with van der Waals surface area (Å²) in [5, 5.41) is 3.61. The van der Waals surface area contributed by atoms with Crippen LogP contribution in [0.5, 0.6) is 0 Å². The number of nitrogens with one attached hydrogen (secondary N) is 1. The number of hydrogen-bond acceptors (Lipinski definition) is 2. The van der Waals surface area contributed by atoms with Crippen LogP contribution in [0.1, 0.15) is 60.8 Å². The first kappa shape index (κ1) is 16.0. The summed E-state index contributed by atoms with van der Waals surface area (Å²) in [5.41, 5.74) is 0.861. The SMILES string of the molecule is CCC1(C)CCN(CC(C)CNC(C)(C)C)CC1. The molecule has 1 aliphatic heterocycles. The molecule has 1 rings (SSSR count). The van der Waals surface area contributed by atoms with E-state index in [1.807, 2.05) is 0 Å². The zero-order valence-corrected chi connectivity index (χ0v) is 13.5. The normalized spacial score (nSPS) is 23.0. The van der Waals surface area contributed by atoms with Gasteiger partial charge in [-0.05, 0) is 64.6 Å². The minimum absolute atomic E-state index is 0.247. The highest BCUT2D eigenvalue weighted by Crippen LogP contribution is 2.33. The smallest absolute Gasteiger partial charge is 0.00966 e. The van der Waals surface area contributed by atoms with E-state index in [0.717, 1.165) is 12.5 Å². The topological polar surface area (TPSA) is 15.3 Å². The summed E-state index contributed by atoms with van der Waals surface area (Å²) in [4.78, 5) is 2.66. The van der Waals surface area contributed by atoms with Crippen LogP contribution in [-0.2, 0) is 0 Å². The third-order valence-electron chi connectivity index (χ3n) is 4.47. The molecule has 2 heteroatoms. The molecule has 0 bridgehead atoms. The fourth-order valence-corrected chi connectivity index (χ4v) is 2.61. The van der Waals surface area contributed by atoms with Gasteiger partial charge in [-0.15, -0.1) is 0 Å². The maximum absolute atomic E-state index is 3.61. The molecule has 0 aromatic heterocycles. The van der Waals surface area contributed by atoms with Gasteiger partial charge in [0.15, 0.2) is 0 Å². The highest BCUT2D eigenvalue weighted by atomic mass is 15.1. The van der Waals surface area contributed by atoms with Crippen LogP contribution in [0.25, 0.3) is 0 Å². The Morgan fingerprint density at radius 2 is 1.78 bits per heavy atom. The highest BCUT2D eigenvalue weighted by molar-refractivity contribution is 4.82. The number of nitrogens with zero attached hydrogens (tertiary/aromatic N) is 1. The molecule has 1 unspecified atom stereocenters. The molecule has 18 heavy (non-hydrogen) atoms. The molecule has 1 saturated heterocycles. The lowest BCUT2D eigenvalue weighted by Gasteiger charge is -2.40. The van der Waals surface area contributed by atoms with E-state index in [2.05, 4.69) is 51.8 Å². The van der Waals surface area contributed by atoms with Crippen molar-refractivity contribution in [2.75, 3.05) is 26.2 Å². The second-order valence-corrected chi connectivity index (χ2v) is 7.70. The van der Waals surface area contributed by atoms with E-state index < -0.39 is 0 Å². The average Bonchev–Trinajstić information content (AvgIpc) is 2.29. The first-order valence-electron chi connectivity index (χ1n) is 7.71. The van der Waals surface area contributed by atoms with Crippen molar-refractivity contribution < 1.29 is 0 Å². The van der Waals surface area contributed by atoms with Crippen molar-refractivity contribution in [2.45, 2.75) is 66.3 Å². The lowest BCUT2D eigenvalue weighted by Crippen LogP contribution is -2.44. The third kappa shape index (κ3) is 5.71. The van der Waals surface area contributed by atoms with Crippen molar-refractivity contribution >= 4 is 0 Å². The second-order valence-electron chi connectivity index (χ2n) is 7.70. The van der Waals surface area contributed by atoms with Crippen molar-refractivity contribution in [3.63, 3.8) is 0 Å². The van der Waals surface area contributed by atoms with E-state index in [0.29, 0.717) is 5.41 Å². The Labute approximate surface area is 115 Å². The second kappa shape index (κ2) is 6.38. The Bertz CT molecular complexity index is 234. The lowest BCUT2D eigenvalue weighted by atomic mass is 9.78. The summed E-state index contributed by atoms with van der Waals surface area (Å²) in [6.07, 6.45) is 4.09. The monoisotopic (exact) mass is 254 g/mol. The standard InChI is InChI=1S/C16H34N2/c1-7-16(6)8-10-18(11-9-16)13-14(2)12-17-15(3,4)5/h14,17H,7-13H2,1-6H3. The van der Waals surface area contributed by atoms with E-state index in [4.69, 9.17) is 0 Å². The predicted molar refractivity (Wildman–Crippen MR) is 81.0 cm³/mol. The maximum atomic E-state index is 3.61. The molecule has 0 radical (unpaired) electrons. The van der Waals surface area contributed by atoms with Gasteiger partial charge in [0.05, 0.1) is 0 Å². The number of piperidine rings is 1. The van der Waals surface area contributed by atoms with Crippen LogP contribution in [0.2, 0.25) is 0 Å². The van der Waals surface area contributed by atoms with Crippen LogP contribution >= 0.6 is 0 Å². The van der Waals surface area contributed by atoms with Crippen molar-refractivity contribution in [3.05, 3.63) is 0 Å². The lowest BCUT2D eigenvalue weighted by molar-refractivity contribution is 0.102. The van der Waals surface area contributed by atoms with Gasteiger partial charge in [0.2, 0.25) is 0 Å². The van der Waals surface area contributed by atoms with E-state index in [1.165, 1.54) is 38.9 Å². The molecule has 1 aliphatic rings. The summed E-state index contributed by atoms with van der Waals surface area (Å²) in [5.74, 6) is 0.746. The van der Waals surface area contributed by atoms with Gasteiger partial charge < -0.3 is 10.2 Å². The van der Waals surface area contributed by atoms with Crippen LogP contribution in [-0.4, -0.2) is 36.6 Å². The zero-order chi connectivity index (χ0) is 13.8. The molecule has 0 spiro atoms. The van der Waals surface area contributed by atoms with E-state index >= 15 is 0 Å². The summed E-state index contributed by atoms with van der Waals surface area (Å²) in [6.45, 7) is 18.9. The summed E-state index contributed by atoms with van der Waals surface area (Å²) in [6, 6.07) is 0. The van der Waals surface area contributed by atoms with Crippen molar-refractivity contribution in [1.82, 2.24) is 10.2 Å². The van der Waals surface area contributed by atoms with Crippen LogP contribution in [0.15, 0.2) is 0 Å². The molecule has 0 aromatic carbocycles. The van der Waals surface area contributed by atoms with Crippen LogP contribution in [0, 0.1) is 11.3 Å². The van der Waals surface area contributed by atoms with Gasteiger partial charge in [-0.2, -0.15) is 0 Å². The highest BCUT2D eigenvalue weighted by Gasteiger charge is 2.28. The molecule has 0 amide bonds. The summed E-state index contributed by atoms with van der Waals surface area (Å²) in [7, 11) is 0. The Morgan fingerprint density at radius 1 is 1.22 bits per heavy atom. The van der Waals surface area contributed by atoms with Gasteiger partial charge in [0, 0.05) is 12.1 Å². The molecular formula is C16H34N2. The minimum atomic E-state index is 0.247. The van der Waals surface area contributed by atoms with E-state index in [-0.39, 0.29) is 5.54 Å². The largest absolute Gasteiger partial charge is 0.312 e. The summed E-state index contributed by atoms with van der Waals surface area (Å²) < 4.78 is 0. The molecule has 1 atom stereocenters. The van der Waals surface area contributed by atoms with Crippen molar-refractivity contribution in [2.24, 2.45) is 11.3 Å². The van der Waals surface area contributed by atoms with E-state index in [1.54, 1.807) is 0 Å². The van der Waals surface area contributed by atoms with Crippen LogP contribution in [0.4, 0.5) is 0 Å². The molecule has 108 valence electrons. The van der Waals surface area contributed by atoms with Gasteiger partial charge >= 0.3 is 0 Å². The molecule has 1 fully saturated rings. The number of hydrogen-bond donors (Lipinski definition) is 1. The summed E-state index contributed by atoms with van der Waals surface area (Å²) >= 11 is 0. The Balaban J connectivity index is 2.24. The molecular weight excluding hydrogens is 220 g/mol. The Morgan fingerprint density at radius 3 is 2.22 bits per heavy atom. The molecule has 0 saturated carbocycles. The molecule has 2 nitrogen and oxygen atoms in total. The van der Waals surface area contributed by atoms with Gasteiger partial charge in [-0.1, -0.05) is 27.2 Å². The number of rotatable bonds is 5. The zero-order valence-electron chi connectivity index (χ0n) is 13.5. The Kier molecular flexibility index (Phi) is 5.67. The van der Waals surface area contributed by atoms with Gasteiger partial charge in [0.1, 0.15) is 0 Å². The quantitative estimate of drug-likeness (QED) is 0.807. The minimum Gasteiger partial charge on any atom is -0.312 e. The molecule has 1 heterocycles. The fraction of sp³-hybridized carbons (Fsp3) is 1.00. The molecule has 0 aliphatic carbocycles. The maximum Gasteiger partial charge on any atom is 0.00966 e. The average molecular weight is 254 g/mol. The Hall–Kier alpha value is -0.0800. The first-order valence-corrected chi connectivity index (χ1v) is 7.71. The predicted octanol–water partition coefficient (Wildman–Crippen LogP) is 3.52. The third-order valence-corrected chi connectivity index (χ3v) is 4.47. The molecule has 1 N–H and O–H groups in total. The molecule has 0 aromatic rings. The number of likely N-dealkylation sites (tertiary alicyclic amines) is 1.